The van der Waals surface area contributed by atoms with Gasteiger partial charge in [-0.15, -0.1) is 5.10 Å². The Balaban J connectivity index is 1.84. The van der Waals surface area contributed by atoms with Crippen molar-refractivity contribution in [3.05, 3.63) is 30.3 Å². The van der Waals surface area contributed by atoms with Gasteiger partial charge in [0, 0.05) is 11.8 Å². The molecule has 1 saturated heterocycles. The molecule has 6 heteroatoms. The van der Waals surface area contributed by atoms with Gasteiger partial charge in [0.05, 0.1) is 5.69 Å². The van der Waals surface area contributed by atoms with E-state index in [-0.39, 0.29) is 0 Å². The van der Waals surface area contributed by atoms with Crippen molar-refractivity contribution in [3.8, 4) is 5.69 Å². The minimum Gasteiger partial charge on any atom is -0.316 e. The third kappa shape index (κ3) is 2.32. The lowest BCUT2D eigenvalue weighted by Gasteiger charge is -2.07. The van der Waals surface area contributed by atoms with Gasteiger partial charge in [0.15, 0.2) is 0 Å². The van der Waals surface area contributed by atoms with Gasteiger partial charge in [-0.1, -0.05) is 30.0 Å². The molecule has 2 aromatic rings. The average Bonchev–Trinajstić information content (AvgIpc) is 3.02. The predicted molar refractivity (Wildman–Crippen MR) is 66.3 cm³/mol. The summed E-state index contributed by atoms with van der Waals surface area (Å²) in [4.78, 5) is 0. The molecule has 1 aliphatic heterocycles. The number of thioether (sulfide) groups is 1. The molecule has 0 spiro atoms. The van der Waals surface area contributed by atoms with Crippen LogP contribution in [0.1, 0.15) is 6.42 Å². The van der Waals surface area contributed by atoms with Crippen molar-refractivity contribution in [2.75, 3.05) is 13.1 Å². The number of aromatic nitrogens is 4. The molecule has 1 atom stereocenters. The first-order valence-corrected chi connectivity index (χ1v) is 6.52. The number of nitrogens with one attached hydrogen (secondary N) is 1. The van der Waals surface area contributed by atoms with Crippen LogP contribution in [0.15, 0.2) is 35.5 Å². The molecule has 1 fully saturated rings. The highest BCUT2D eigenvalue weighted by Crippen LogP contribution is 2.26. The summed E-state index contributed by atoms with van der Waals surface area (Å²) in [5.74, 6) is 0. The van der Waals surface area contributed by atoms with E-state index in [0.29, 0.717) is 5.25 Å². The Bertz CT molecular complexity index is 478. The Kier molecular flexibility index (Phi) is 3.06. The number of tetrazole rings is 1. The van der Waals surface area contributed by atoms with Crippen molar-refractivity contribution in [2.24, 2.45) is 0 Å². The number of para-hydroxylation sites is 1. The van der Waals surface area contributed by atoms with Crippen molar-refractivity contribution in [1.82, 2.24) is 25.5 Å². The zero-order valence-electron chi connectivity index (χ0n) is 9.28. The average molecular weight is 247 g/mol. The fraction of sp³-hybridized carbons (Fsp3) is 0.364. The van der Waals surface area contributed by atoms with E-state index in [1.54, 1.807) is 16.4 Å². The Morgan fingerprint density at radius 1 is 1.29 bits per heavy atom. The highest BCUT2D eigenvalue weighted by molar-refractivity contribution is 7.99. The smallest absolute Gasteiger partial charge is 0.214 e. The first-order chi connectivity index (χ1) is 8.43. The van der Waals surface area contributed by atoms with Crippen molar-refractivity contribution in [2.45, 2.75) is 16.8 Å². The first kappa shape index (κ1) is 10.7. The standard InChI is InChI=1S/C11H13N5S/c1-2-4-9(5-3-1)16-11(13-14-15-16)17-10-6-7-12-8-10/h1-5,10,12H,6-8H2. The SMILES string of the molecule is c1ccc(-n2nnnc2SC2CCNC2)cc1. The molecule has 1 unspecified atom stereocenters. The lowest BCUT2D eigenvalue weighted by molar-refractivity contribution is 0.754. The van der Waals surface area contributed by atoms with Crippen LogP contribution in [0.4, 0.5) is 0 Å². The number of rotatable bonds is 3. The van der Waals surface area contributed by atoms with Gasteiger partial charge < -0.3 is 5.32 Å². The lowest BCUT2D eigenvalue weighted by atomic mass is 10.3. The van der Waals surface area contributed by atoms with E-state index < -0.39 is 0 Å². The van der Waals surface area contributed by atoms with E-state index in [4.69, 9.17) is 0 Å². The second-order valence-corrected chi connectivity index (χ2v) is 5.21. The highest BCUT2D eigenvalue weighted by Gasteiger charge is 2.19. The van der Waals surface area contributed by atoms with Crippen LogP contribution < -0.4 is 5.32 Å². The molecule has 1 aromatic carbocycles. The zero-order chi connectivity index (χ0) is 11.5. The molecular formula is C11H13N5S. The van der Waals surface area contributed by atoms with Crippen LogP contribution in [0.5, 0.6) is 0 Å². The summed E-state index contributed by atoms with van der Waals surface area (Å²) < 4.78 is 1.79. The Hall–Kier alpha value is -1.40. The summed E-state index contributed by atoms with van der Waals surface area (Å²) in [5, 5.41) is 16.7. The molecule has 2 heterocycles. The Morgan fingerprint density at radius 3 is 2.94 bits per heavy atom. The van der Waals surface area contributed by atoms with E-state index in [2.05, 4.69) is 20.8 Å². The van der Waals surface area contributed by atoms with E-state index in [0.717, 1.165) is 23.9 Å². The first-order valence-electron chi connectivity index (χ1n) is 5.64. The molecule has 0 bridgehead atoms. The molecule has 0 amide bonds. The summed E-state index contributed by atoms with van der Waals surface area (Å²) in [7, 11) is 0. The molecule has 0 radical (unpaired) electrons. The van der Waals surface area contributed by atoms with Crippen LogP contribution in [0, 0.1) is 0 Å². The van der Waals surface area contributed by atoms with Gasteiger partial charge in [-0.2, -0.15) is 4.68 Å². The second kappa shape index (κ2) is 4.85. The summed E-state index contributed by atoms with van der Waals surface area (Å²) >= 11 is 1.74. The fourth-order valence-corrected chi connectivity index (χ4v) is 2.92. The third-order valence-corrected chi connectivity index (χ3v) is 3.93. The largest absolute Gasteiger partial charge is 0.316 e. The van der Waals surface area contributed by atoms with Crippen molar-refractivity contribution in [3.63, 3.8) is 0 Å². The maximum Gasteiger partial charge on any atom is 0.214 e. The maximum atomic E-state index is 4.09. The molecule has 0 aliphatic carbocycles. The molecule has 0 saturated carbocycles. The molecule has 88 valence electrons. The molecule has 1 aromatic heterocycles. The van der Waals surface area contributed by atoms with Gasteiger partial charge in [-0.3, -0.25) is 0 Å². The Labute approximate surface area is 104 Å². The van der Waals surface area contributed by atoms with Crippen LogP contribution in [-0.2, 0) is 0 Å². The molecule has 3 rings (SSSR count). The quantitative estimate of drug-likeness (QED) is 0.880. The van der Waals surface area contributed by atoms with Gasteiger partial charge in [0.2, 0.25) is 5.16 Å². The van der Waals surface area contributed by atoms with Crippen LogP contribution >= 0.6 is 11.8 Å². The summed E-state index contributed by atoms with van der Waals surface area (Å²) in [6, 6.07) is 9.98. The van der Waals surface area contributed by atoms with Gasteiger partial charge >= 0.3 is 0 Å². The molecule has 5 nitrogen and oxygen atoms in total. The normalized spacial score (nSPS) is 19.6. The van der Waals surface area contributed by atoms with E-state index in [1.165, 1.54) is 6.42 Å². The van der Waals surface area contributed by atoms with Crippen molar-refractivity contribution >= 4 is 11.8 Å². The van der Waals surface area contributed by atoms with Crippen LogP contribution in [0.25, 0.3) is 5.69 Å². The van der Waals surface area contributed by atoms with E-state index in [9.17, 15) is 0 Å². The van der Waals surface area contributed by atoms with Crippen molar-refractivity contribution in [1.29, 1.82) is 0 Å². The van der Waals surface area contributed by atoms with Crippen LogP contribution in [0.3, 0.4) is 0 Å². The number of benzene rings is 1. The van der Waals surface area contributed by atoms with Crippen LogP contribution in [0.2, 0.25) is 0 Å². The monoisotopic (exact) mass is 247 g/mol. The Morgan fingerprint density at radius 2 is 2.18 bits per heavy atom. The predicted octanol–water partition coefficient (Wildman–Crippen LogP) is 1.12. The minimum absolute atomic E-state index is 0.573. The zero-order valence-corrected chi connectivity index (χ0v) is 10.1. The van der Waals surface area contributed by atoms with Crippen molar-refractivity contribution < 1.29 is 0 Å². The fourth-order valence-electron chi connectivity index (χ4n) is 1.86. The number of nitrogens with zero attached hydrogens (tertiary/aromatic N) is 4. The maximum absolute atomic E-state index is 4.09. The van der Waals surface area contributed by atoms with E-state index in [1.807, 2.05) is 30.3 Å². The number of hydrogen-bond acceptors (Lipinski definition) is 5. The molecule has 17 heavy (non-hydrogen) atoms. The second-order valence-electron chi connectivity index (χ2n) is 3.94. The highest BCUT2D eigenvalue weighted by atomic mass is 32.2. The van der Waals surface area contributed by atoms with Gasteiger partial charge in [0.25, 0.3) is 0 Å². The summed E-state index contributed by atoms with van der Waals surface area (Å²) in [6.45, 7) is 2.12. The van der Waals surface area contributed by atoms with Gasteiger partial charge in [0.1, 0.15) is 0 Å². The van der Waals surface area contributed by atoms with Crippen LogP contribution in [-0.4, -0.2) is 38.5 Å². The lowest BCUT2D eigenvalue weighted by Crippen LogP contribution is -2.11. The summed E-state index contributed by atoms with van der Waals surface area (Å²) in [5.41, 5.74) is 1.01. The van der Waals surface area contributed by atoms with Gasteiger partial charge in [-0.25, -0.2) is 0 Å². The van der Waals surface area contributed by atoms with E-state index >= 15 is 0 Å². The summed E-state index contributed by atoms with van der Waals surface area (Å²) in [6.07, 6.45) is 1.17. The van der Waals surface area contributed by atoms with Gasteiger partial charge in [-0.05, 0) is 35.5 Å². The topological polar surface area (TPSA) is 55.6 Å². The molecule has 1 aliphatic rings. The molecular weight excluding hydrogens is 234 g/mol. The minimum atomic E-state index is 0.573. The third-order valence-electron chi connectivity index (χ3n) is 2.73. The number of hydrogen-bond donors (Lipinski definition) is 1. The molecule has 1 N–H and O–H groups in total.